The van der Waals surface area contributed by atoms with Crippen LogP contribution >= 0.6 is 0 Å². The fraction of sp³-hybridized carbons (Fsp3) is 0.409. The van der Waals surface area contributed by atoms with Crippen LogP contribution in [0, 0.1) is 6.92 Å². The molecular formula is C22H28N2O6S. The normalized spacial score (nSPS) is 16.0. The number of hydrogen-bond donors (Lipinski definition) is 1. The number of rotatable bonds is 8. The Morgan fingerprint density at radius 3 is 2.39 bits per heavy atom. The highest BCUT2D eigenvalue weighted by Gasteiger charge is 2.26. The fourth-order valence-electron chi connectivity index (χ4n) is 3.64. The SMILES string of the molecule is COC(=O)c1ccc(S(=O)(=O)NCC(c2ccc(OC)cc2)N2CCOCC2)c(C)c1. The summed E-state index contributed by atoms with van der Waals surface area (Å²) >= 11 is 0. The van der Waals surface area contributed by atoms with Crippen molar-refractivity contribution in [2.75, 3.05) is 47.1 Å². The van der Waals surface area contributed by atoms with Crippen LogP contribution in [0.5, 0.6) is 5.75 Å². The molecule has 168 valence electrons. The first-order valence-corrected chi connectivity index (χ1v) is 11.5. The molecule has 0 aromatic heterocycles. The Balaban J connectivity index is 1.81. The first-order valence-electron chi connectivity index (χ1n) is 10.00. The van der Waals surface area contributed by atoms with Crippen molar-refractivity contribution in [2.24, 2.45) is 0 Å². The van der Waals surface area contributed by atoms with E-state index in [0.29, 0.717) is 37.4 Å². The van der Waals surface area contributed by atoms with Crippen molar-refractivity contribution in [2.45, 2.75) is 17.9 Å². The van der Waals surface area contributed by atoms with Crippen LogP contribution in [0.25, 0.3) is 0 Å². The Kier molecular flexibility index (Phi) is 7.66. The van der Waals surface area contributed by atoms with Crippen molar-refractivity contribution in [3.63, 3.8) is 0 Å². The molecule has 1 saturated heterocycles. The number of aryl methyl sites for hydroxylation is 1. The van der Waals surface area contributed by atoms with Gasteiger partial charge in [0.25, 0.3) is 0 Å². The molecule has 8 nitrogen and oxygen atoms in total. The fourth-order valence-corrected chi connectivity index (χ4v) is 4.90. The standard InChI is InChI=1S/C22H28N2O6S/c1-16-14-18(22(25)29-3)6-9-21(16)31(26,27)23-15-20(24-10-12-30-13-11-24)17-4-7-19(28-2)8-5-17/h4-9,14,20,23H,10-13,15H2,1-3H3. The van der Waals surface area contributed by atoms with E-state index in [9.17, 15) is 13.2 Å². The van der Waals surface area contributed by atoms with Gasteiger partial charge in [-0.2, -0.15) is 0 Å². The molecule has 2 aromatic rings. The van der Waals surface area contributed by atoms with Crippen LogP contribution in [0.2, 0.25) is 0 Å². The molecule has 1 fully saturated rings. The highest BCUT2D eigenvalue weighted by Crippen LogP contribution is 2.25. The summed E-state index contributed by atoms with van der Waals surface area (Å²) in [4.78, 5) is 14.1. The maximum absolute atomic E-state index is 13.0. The predicted octanol–water partition coefficient (Wildman–Crippen LogP) is 2.14. The second-order valence-electron chi connectivity index (χ2n) is 7.26. The van der Waals surface area contributed by atoms with E-state index >= 15 is 0 Å². The molecular weight excluding hydrogens is 420 g/mol. The van der Waals surface area contributed by atoms with Crippen LogP contribution in [0.3, 0.4) is 0 Å². The van der Waals surface area contributed by atoms with Gasteiger partial charge in [-0.1, -0.05) is 12.1 Å². The minimum atomic E-state index is -3.78. The molecule has 1 N–H and O–H groups in total. The summed E-state index contributed by atoms with van der Waals surface area (Å²) < 4.78 is 44.2. The third-order valence-electron chi connectivity index (χ3n) is 5.34. The number of morpholine rings is 1. The Labute approximate surface area is 183 Å². The van der Waals surface area contributed by atoms with E-state index in [1.165, 1.54) is 25.3 Å². The molecule has 0 radical (unpaired) electrons. The zero-order valence-electron chi connectivity index (χ0n) is 18.0. The molecule has 0 bridgehead atoms. The van der Waals surface area contributed by atoms with E-state index in [1.807, 2.05) is 24.3 Å². The largest absolute Gasteiger partial charge is 0.497 e. The van der Waals surface area contributed by atoms with Crippen molar-refractivity contribution in [1.29, 1.82) is 0 Å². The lowest BCUT2D eigenvalue weighted by Gasteiger charge is -2.35. The van der Waals surface area contributed by atoms with E-state index < -0.39 is 16.0 Å². The van der Waals surface area contributed by atoms with Crippen LogP contribution in [0.4, 0.5) is 0 Å². The molecule has 2 aromatic carbocycles. The van der Waals surface area contributed by atoms with Gasteiger partial charge in [-0.05, 0) is 48.4 Å². The van der Waals surface area contributed by atoms with Gasteiger partial charge >= 0.3 is 5.97 Å². The molecule has 31 heavy (non-hydrogen) atoms. The molecule has 9 heteroatoms. The third kappa shape index (κ3) is 5.62. The Hall–Kier alpha value is -2.46. The molecule has 0 spiro atoms. The number of sulfonamides is 1. The van der Waals surface area contributed by atoms with Crippen molar-refractivity contribution in [1.82, 2.24) is 9.62 Å². The predicted molar refractivity (Wildman–Crippen MR) is 116 cm³/mol. The maximum Gasteiger partial charge on any atom is 0.337 e. The number of carbonyl (C=O) groups is 1. The summed E-state index contributed by atoms with van der Waals surface area (Å²) in [6, 6.07) is 11.9. The topological polar surface area (TPSA) is 94.2 Å². The minimum absolute atomic E-state index is 0.135. The number of nitrogens with one attached hydrogen (secondary N) is 1. The van der Waals surface area contributed by atoms with Crippen LogP contribution in [-0.4, -0.2) is 66.4 Å². The Morgan fingerprint density at radius 2 is 1.81 bits per heavy atom. The second-order valence-corrected chi connectivity index (χ2v) is 9.00. The Bertz CT molecular complexity index is 1000. The third-order valence-corrected chi connectivity index (χ3v) is 6.92. The van der Waals surface area contributed by atoms with Gasteiger partial charge in [0.2, 0.25) is 10.0 Å². The van der Waals surface area contributed by atoms with Crippen molar-refractivity contribution < 1.29 is 27.4 Å². The monoisotopic (exact) mass is 448 g/mol. The van der Waals surface area contributed by atoms with Crippen molar-refractivity contribution in [3.8, 4) is 5.75 Å². The van der Waals surface area contributed by atoms with Crippen LogP contribution < -0.4 is 9.46 Å². The van der Waals surface area contributed by atoms with Gasteiger partial charge in [-0.3, -0.25) is 4.90 Å². The zero-order valence-corrected chi connectivity index (χ0v) is 18.8. The summed E-state index contributed by atoms with van der Waals surface area (Å²) in [6.45, 7) is 4.49. The van der Waals surface area contributed by atoms with Gasteiger partial charge in [0, 0.05) is 25.7 Å². The quantitative estimate of drug-likeness (QED) is 0.619. The van der Waals surface area contributed by atoms with E-state index in [1.54, 1.807) is 14.0 Å². The van der Waals surface area contributed by atoms with E-state index in [4.69, 9.17) is 14.2 Å². The lowest BCUT2D eigenvalue weighted by Crippen LogP contribution is -2.43. The number of carbonyl (C=O) groups excluding carboxylic acids is 1. The average Bonchev–Trinajstić information content (AvgIpc) is 2.79. The summed E-state index contributed by atoms with van der Waals surface area (Å²) in [5, 5.41) is 0. The molecule has 1 unspecified atom stereocenters. The van der Waals surface area contributed by atoms with Gasteiger partial charge in [0.1, 0.15) is 5.75 Å². The highest BCUT2D eigenvalue weighted by molar-refractivity contribution is 7.89. The maximum atomic E-state index is 13.0. The lowest BCUT2D eigenvalue weighted by atomic mass is 10.0. The zero-order chi connectivity index (χ0) is 22.4. The summed E-state index contributed by atoms with van der Waals surface area (Å²) in [5.74, 6) is 0.235. The molecule has 1 heterocycles. The number of benzene rings is 2. The molecule has 3 rings (SSSR count). The molecule has 1 atom stereocenters. The number of ether oxygens (including phenoxy) is 3. The van der Waals surface area contributed by atoms with Crippen molar-refractivity contribution in [3.05, 3.63) is 59.2 Å². The lowest BCUT2D eigenvalue weighted by molar-refractivity contribution is 0.0172. The van der Waals surface area contributed by atoms with Gasteiger partial charge in [0.15, 0.2) is 0 Å². The van der Waals surface area contributed by atoms with Gasteiger partial charge in [0.05, 0.1) is 37.9 Å². The van der Waals surface area contributed by atoms with Gasteiger partial charge in [-0.25, -0.2) is 17.9 Å². The van der Waals surface area contributed by atoms with Crippen LogP contribution in [-0.2, 0) is 19.5 Å². The van der Waals surface area contributed by atoms with Crippen LogP contribution in [0.1, 0.15) is 27.5 Å². The summed E-state index contributed by atoms with van der Waals surface area (Å²) in [5.41, 5.74) is 1.77. The summed E-state index contributed by atoms with van der Waals surface area (Å²) in [7, 11) is -0.885. The first kappa shape index (κ1) is 23.2. The Morgan fingerprint density at radius 1 is 1.13 bits per heavy atom. The van der Waals surface area contributed by atoms with E-state index in [2.05, 4.69) is 9.62 Å². The average molecular weight is 449 g/mol. The number of methoxy groups -OCH3 is 2. The van der Waals surface area contributed by atoms with Crippen LogP contribution in [0.15, 0.2) is 47.4 Å². The van der Waals surface area contributed by atoms with Crippen molar-refractivity contribution >= 4 is 16.0 Å². The van der Waals surface area contributed by atoms with E-state index in [-0.39, 0.29) is 17.5 Å². The molecule has 0 saturated carbocycles. The summed E-state index contributed by atoms with van der Waals surface area (Å²) in [6.07, 6.45) is 0. The highest BCUT2D eigenvalue weighted by atomic mass is 32.2. The second kappa shape index (κ2) is 10.2. The van der Waals surface area contributed by atoms with Gasteiger partial charge < -0.3 is 14.2 Å². The molecule has 1 aliphatic heterocycles. The molecule has 0 aliphatic carbocycles. The first-order chi connectivity index (χ1) is 14.9. The van der Waals surface area contributed by atoms with Gasteiger partial charge in [-0.15, -0.1) is 0 Å². The number of nitrogens with zero attached hydrogens (tertiary/aromatic N) is 1. The number of esters is 1. The van der Waals surface area contributed by atoms with E-state index in [0.717, 1.165) is 11.3 Å². The minimum Gasteiger partial charge on any atom is -0.497 e. The molecule has 0 amide bonds. The number of hydrogen-bond acceptors (Lipinski definition) is 7. The smallest absolute Gasteiger partial charge is 0.337 e. The molecule has 1 aliphatic rings.